The van der Waals surface area contributed by atoms with Crippen LogP contribution in [0.2, 0.25) is 10.0 Å². The number of carbonyl (C=O) groups is 3. The van der Waals surface area contributed by atoms with E-state index >= 15 is 0 Å². The molecule has 0 saturated carbocycles. The molecule has 5 N–H and O–H groups in total. The highest BCUT2D eigenvalue weighted by Crippen LogP contribution is 2.27. The lowest BCUT2D eigenvalue weighted by Gasteiger charge is -2.33. The normalized spacial score (nSPS) is 14.4. The van der Waals surface area contributed by atoms with E-state index in [0.29, 0.717) is 28.5 Å². The predicted octanol–water partition coefficient (Wildman–Crippen LogP) is 2.66. The van der Waals surface area contributed by atoms with Crippen LogP contribution in [0.1, 0.15) is 30.9 Å². The molecule has 0 heterocycles. The second-order valence-electron chi connectivity index (χ2n) is 8.05. The zero-order valence-electron chi connectivity index (χ0n) is 19.0. The number of hydrogen-bond donors (Lipinski definition) is 5. The van der Waals surface area contributed by atoms with Gasteiger partial charge in [0, 0.05) is 13.5 Å². The maximum Gasteiger partial charge on any atom is 0.253 e. The summed E-state index contributed by atoms with van der Waals surface area (Å²) in [7, 11) is 1.42. The quantitative estimate of drug-likeness (QED) is 0.235. The lowest BCUT2D eigenvalue weighted by Crippen LogP contribution is -2.59. The molecule has 0 fully saturated rings. The number of likely N-dealkylation sites (N-methyl/N-ethyl adjacent to an activating group) is 1. The lowest BCUT2D eigenvalue weighted by molar-refractivity contribution is -0.158. The molecule has 3 amide bonds. The fraction of sp³-hybridized carbons (Fsp3) is 0.375. The van der Waals surface area contributed by atoms with Gasteiger partial charge < -0.3 is 15.7 Å². The van der Waals surface area contributed by atoms with Crippen LogP contribution < -0.4 is 16.1 Å². The first kappa shape index (κ1) is 27.6. The number of rotatable bonds is 11. The van der Waals surface area contributed by atoms with E-state index in [9.17, 15) is 19.5 Å². The molecule has 0 aliphatic carbocycles. The molecule has 0 aliphatic rings. The number of hydroxylamine groups is 1. The van der Waals surface area contributed by atoms with Gasteiger partial charge in [0.05, 0.1) is 16.0 Å². The Labute approximate surface area is 208 Å². The number of benzene rings is 2. The highest BCUT2D eigenvalue weighted by Gasteiger charge is 2.45. The van der Waals surface area contributed by atoms with Gasteiger partial charge in [-0.25, -0.2) is 5.48 Å². The largest absolute Gasteiger partial charge is 0.379 e. The number of carbonyl (C=O) groups excluding carboxylic acids is 3. The Morgan fingerprint density at radius 2 is 1.68 bits per heavy atom. The molecule has 0 aromatic heterocycles. The summed E-state index contributed by atoms with van der Waals surface area (Å²) in [5.41, 5.74) is 0.955. The SMILES string of the molecule is CNC(=O)[C@H](Cc1ccc(Cl)c(Cl)c1)NC(=O)[C@](O)(CCCc1ccccc1)[C@H](C)C(=O)NO. The van der Waals surface area contributed by atoms with E-state index in [1.807, 2.05) is 30.3 Å². The van der Waals surface area contributed by atoms with Crippen LogP contribution in [0.25, 0.3) is 0 Å². The molecule has 0 radical (unpaired) electrons. The van der Waals surface area contributed by atoms with Crippen molar-refractivity contribution < 1.29 is 24.7 Å². The Morgan fingerprint density at radius 3 is 2.26 bits per heavy atom. The van der Waals surface area contributed by atoms with Crippen molar-refractivity contribution in [3.63, 3.8) is 0 Å². The first-order valence-electron chi connectivity index (χ1n) is 10.8. The van der Waals surface area contributed by atoms with Gasteiger partial charge in [0.1, 0.15) is 6.04 Å². The smallest absolute Gasteiger partial charge is 0.253 e. The first-order valence-corrected chi connectivity index (χ1v) is 11.5. The summed E-state index contributed by atoms with van der Waals surface area (Å²) >= 11 is 12.0. The number of nitrogens with one attached hydrogen (secondary N) is 3. The summed E-state index contributed by atoms with van der Waals surface area (Å²) in [5, 5.41) is 26.1. The van der Waals surface area contributed by atoms with Crippen LogP contribution in [0.3, 0.4) is 0 Å². The highest BCUT2D eigenvalue weighted by atomic mass is 35.5. The number of aryl methyl sites for hydroxylation is 1. The maximum absolute atomic E-state index is 13.3. The van der Waals surface area contributed by atoms with Gasteiger partial charge in [-0.3, -0.25) is 19.6 Å². The van der Waals surface area contributed by atoms with E-state index in [1.54, 1.807) is 18.2 Å². The van der Waals surface area contributed by atoms with E-state index in [0.717, 1.165) is 5.56 Å². The van der Waals surface area contributed by atoms with Crippen LogP contribution in [-0.2, 0) is 27.2 Å². The minimum atomic E-state index is -2.18. The third-order valence-corrected chi connectivity index (χ3v) is 6.51. The number of halogens is 2. The maximum atomic E-state index is 13.3. The van der Waals surface area contributed by atoms with Crippen LogP contribution in [0, 0.1) is 5.92 Å². The molecule has 0 bridgehead atoms. The summed E-state index contributed by atoms with van der Waals surface area (Å²) < 4.78 is 0. The fourth-order valence-corrected chi connectivity index (χ4v) is 3.94. The van der Waals surface area contributed by atoms with Crippen LogP contribution in [0.15, 0.2) is 48.5 Å². The Morgan fingerprint density at radius 1 is 1.00 bits per heavy atom. The van der Waals surface area contributed by atoms with Gasteiger partial charge in [0.15, 0.2) is 5.60 Å². The van der Waals surface area contributed by atoms with E-state index in [4.69, 9.17) is 28.4 Å². The van der Waals surface area contributed by atoms with Crippen molar-refractivity contribution in [3.8, 4) is 0 Å². The zero-order chi connectivity index (χ0) is 25.3. The number of amides is 3. The van der Waals surface area contributed by atoms with Crippen molar-refractivity contribution in [1.82, 2.24) is 16.1 Å². The van der Waals surface area contributed by atoms with Gasteiger partial charge in [0.25, 0.3) is 5.91 Å². The van der Waals surface area contributed by atoms with E-state index < -0.39 is 35.3 Å². The van der Waals surface area contributed by atoms with Crippen molar-refractivity contribution in [3.05, 3.63) is 69.7 Å². The van der Waals surface area contributed by atoms with Gasteiger partial charge in [0.2, 0.25) is 11.8 Å². The molecule has 0 unspecified atom stereocenters. The van der Waals surface area contributed by atoms with Crippen LogP contribution in [-0.4, -0.2) is 46.7 Å². The molecule has 0 aliphatic heterocycles. The highest BCUT2D eigenvalue weighted by molar-refractivity contribution is 6.42. The molecular weight excluding hydrogens is 481 g/mol. The first-order chi connectivity index (χ1) is 16.1. The molecule has 0 saturated heterocycles. The van der Waals surface area contributed by atoms with Gasteiger partial charge in [-0.2, -0.15) is 0 Å². The predicted molar refractivity (Wildman–Crippen MR) is 130 cm³/mol. The molecule has 2 aromatic carbocycles. The molecule has 8 nitrogen and oxygen atoms in total. The fourth-order valence-electron chi connectivity index (χ4n) is 3.62. The summed E-state index contributed by atoms with van der Waals surface area (Å²) in [6.07, 6.45) is 0.943. The minimum Gasteiger partial charge on any atom is -0.379 e. The topological polar surface area (TPSA) is 128 Å². The molecule has 34 heavy (non-hydrogen) atoms. The average Bonchev–Trinajstić information content (AvgIpc) is 2.84. The number of hydrogen-bond acceptors (Lipinski definition) is 5. The Balaban J connectivity index is 2.23. The molecule has 0 spiro atoms. The minimum absolute atomic E-state index is 0.0724. The van der Waals surface area contributed by atoms with E-state index in [2.05, 4.69) is 10.6 Å². The molecule has 10 heteroatoms. The third-order valence-electron chi connectivity index (χ3n) is 5.77. The van der Waals surface area contributed by atoms with Gasteiger partial charge in [-0.15, -0.1) is 0 Å². The van der Waals surface area contributed by atoms with Crippen molar-refractivity contribution in [2.24, 2.45) is 5.92 Å². The van der Waals surface area contributed by atoms with Crippen molar-refractivity contribution in [2.45, 2.75) is 44.2 Å². The molecule has 2 rings (SSSR count). The summed E-state index contributed by atoms with van der Waals surface area (Å²) in [5.74, 6) is -3.60. The summed E-state index contributed by atoms with van der Waals surface area (Å²) in [6.45, 7) is 1.33. The van der Waals surface area contributed by atoms with Crippen LogP contribution in [0.5, 0.6) is 0 Å². The van der Waals surface area contributed by atoms with Crippen LogP contribution >= 0.6 is 23.2 Å². The monoisotopic (exact) mass is 509 g/mol. The second kappa shape index (κ2) is 12.7. The molecule has 2 aromatic rings. The molecular formula is C24H29Cl2N3O5. The van der Waals surface area contributed by atoms with E-state index in [1.165, 1.54) is 19.5 Å². The zero-order valence-corrected chi connectivity index (χ0v) is 20.5. The van der Waals surface area contributed by atoms with Crippen molar-refractivity contribution in [1.29, 1.82) is 0 Å². The molecule has 184 valence electrons. The van der Waals surface area contributed by atoms with Crippen molar-refractivity contribution in [2.75, 3.05) is 7.05 Å². The second-order valence-corrected chi connectivity index (χ2v) is 8.87. The van der Waals surface area contributed by atoms with Crippen LogP contribution in [0.4, 0.5) is 0 Å². The standard InChI is InChI=1S/C24H29Cl2N3O5/c1-15(21(30)29-34)24(33,12-6-9-16-7-4-3-5-8-16)23(32)28-20(22(31)27-2)14-17-10-11-18(25)19(26)13-17/h3-5,7-8,10-11,13,15,20,33-34H,6,9,12,14H2,1-2H3,(H,27,31)(H,28,32)(H,29,30)/t15-,20+,24+/m1/s1. The lowest BCUT2D eigenvalue weighted by atomic mass is 9.82. The number of aliphatic hydroxyl groups is 1. The molecule has 3 atom stereocenters. The van der Waals surface area contributed by atoms with Gasteiger partial charge >= 0.3 is 0 Å². The van der Waals surface area contributed by atoms with E-state index in [-0.39, 0.29) is 12.8 Å². The Hall–Kier alpha value is -2.65. The van der Waals surface area contributed by atoms with Gasteiger partial charge in [-0.1, -0.05) is 66.5 Å². The Kier molecular flexibility index (Phi) is 10.3. The van der Waals surface area contributed by atoms with Crippen molar-refractivity contribution >= 4 is 40.9 Å². The van der Waals surface area contributed by atoms with Gasteiger partial charge in [-0.05, 0) is 42.5 Å². The summed E-state index contributed by atoms with van der Waals surface area (Å²) in [4.78, 5) is 37.9. The Bertz CT molecular complexity index is 1010. The summed E-state index contributed by atoms with van der Waals surface area (Å²) in [6, 6.07) is 13.3. The third kappa shape index (κ3) is 7.17. The average molecular weight is 510 g/mol.